The second kappa shape index (κ2) is 7.10. The van der Waals surface area contributed by atoms with Crippen molar-refractivity contribution in [1.29, 1.82) is 0 Å². The molecule has 1 aromatic carbocycles. The minimum absolute atomic E-state index is 0.419. The third-order valence-corrected chi connectivity index (χ3v) is 4.41. The van der Waals surface area contributed by atoms with Gasteiger partial charge in [-0.15, -0.1) is 10.2 Å². The molecule has 0 radical (unpaired) electrons. The standard InChI is InChI=1S/C17H24N4O2/c1-13-9-16-18-19-17(12-22-2)21(16)8-7-20(13)11-14-5-4-6-15(10-14)23-3/h4-6,10,13H,7-9,11-12H2,1-3H3/t13-/m1/s1. The molecule has 23 heavy (non-hydrogen) atoms. The molecule has 0 aliphatic carbocycles. The van der Waals surface area contributed by atoms with Crippen LogP contribution in [0.4, 0.5) is 0 Å². The highest BCUT2D eigenvalue weighted by atomic mass is 16.5. The molecule has 124 valence electrons. The summed E-state index contributed by atoms with van der Waals surface area (Å²) in [5, 5.41) is 8.59. The normalized spacial score (nSPS) is 18.5. The number of nitrogens with zero attached hydrogens (tertiary/aromatic N) is 4. The molecule has 1 aliphatic heterocycles. The fourth-order valence-corrected chi connectivity index (χ4v) is 3.10. The summed E-state index contributed by atoms with van der Waals surface area (Å²) in [5.74, 6) is 2.88. The lowest BCUT2D eigenvalue weighted by atomic mass is 10.1. The summed E-state index contributed by atoms with van der Waals surface area (Å²) in [6.45, 7) is 5.55. The number of fused-ring (bicyclic) bond motifs is 1. The predicted molar refractivity (Wildman–Crippen MR) is 87.3 cm³/mol. The Kier molecular flexibility index (Phi) is 4.93. The van der Waals surface area contributed by atoms with Crippen molar-refractivity contribution < 1.29 is 9.47 Å². The SMILES string of the molecule is COCc1nnc2n1CCN(Cc1cccc(OC)c1)[C@H](C)C2. The van der Waals surface area contributed by atoms with Crippen molar-refractivity contribution in [2.24, 2.45) is 0 Å². The molecule has 0 unspecified atom stereocenters. The molecule has 3 rings (SSSR count). The number of hydrogen-bond acceptors (Lipinski definition) is 5. The van der Waals surface area contributed by atoms with Gasteiger partial charge in [0, 0.05) is 39.2 Å². The Labute approximate surface area is 137 Å². The van der Waals surface area contributed by atoms with E-state index in [-0.39, 0.29) is 0 Å². The van der Waals surface area contributed by atoms with Crippen LogP contribution < -0.4 is 4.74 Å². The lowest BCUT2D eigenvalue weighted by molar-refractivity contribution is 0.171. The first-order valence-corrected chi connectivity index (χ1v) is 7.98. The maximum absolute atomic E-state index is 5.32. The zero-order valence-electron chi connectivity index (χ0n) is 14.0. The Hall–Kier alpha value is -1.92. The summed E-state index contributed by atoms with van der Waals surface area (Å²) in [7, 11) is 3.40. The van der Waals surface area contributed by atoms with Crippen LogP contribution in [0, 0.1) is 0 Å². The summed E-state index contributed by atoms with van der Waals surface area (Å²) in [4.78, 5) is 2.49. The smallest absolute Gasteiger partial charge is 0.159 e. The minimum atomic E-state index is 0.419. The Bertz CT molecular complexity index is 656. The molecule has 0 spiro atoms. The van der Waals surface area contributed by atoms with Crippen LogP contribution in [0.1, 0.15) is 24.1 Å². The molecule has 0 bridgehead atoms. The van der Waals surface area contributed by atoms with E-state index >= 15 is 0 Å². The fourth-order valence-electron chi connectivity index (χ4n) is 3.10. The van der Waals surface area contributed by atoms with Crippen LogP contribution in [-0.4, -0.2) is 46.5 Å². The molecular formula is C17H24N4O2. The molecule has 0 saturated carbocycles. The van der Waals surface area contributed by atoms with E-state index in [4.69, 9.17) is 9.47 Å². The van der Waals surface area contributed by atoms with E-state index in [0.717, 1.165) is 43.5 Å². The maximum Gasteiger partial charge on any atom is 0.159 e. The van der Waals surface area contributed by atoms with Crippen molar-refractivity contribution in [3.05, 3.63) is 41.5 Å². The lowest BCUT2D eigenvalue weighted by Gasteiger charge is -2.26. The van der Waals surface area contributed by atoms with Crippen LogP contribution in [0.2, 0.25) is 0 Å². The number of hydrogen-bond donors (Lipinski definition) is 0. The Morgan fingerprint density at radius 1 is 1.22 bits per heavy atom. The van der Waals surface area contributed by atoms with Gasteiger partial charge in [0.25, 0.3) is 0 Å². The Balaban J connectivity index is 1.73. The van der Waals surface area contributed by atoms with Gasteiger partial charge in [-0.1, -0.05) is 12.1 Å². The second-order valence-corrected chi connectivity index (χ2v) is 5.99. The number of methoxy groups -OCH3 is 2. The highest BCUT2D eigenvalue weighted by Gasteiger charge is 2.24. The van der Waals surface area contributed by atoms with E-state index in [2.05, 4.69) is 38.7 Å². The summed E-state index contributed by atoms with van der Waals surface area (Å²) in [5.41, 5.74) is 1.27. The first-order chi connectivity index (χ1) is 11.2. The summed E-state index contributed by atoms with van der Waals surface area (Å²) in [6, 6.07) is 8.70. The van der Waals surface area contributed by atoms with Crippen molar-refractivity contribution in [1.82, 2.24) is 19.7 Å². The molecule has 0 saturated heterocycles. The average Bonchev–Trinajstić information content (AvgIpc) is 2.86. The first kappa shape index (κ1) is 16.0. The summed E-state index contributed by atoms with van der Waals surface area (Å²) < 4.78 is 12.7. The maximum atomic E-state index is 5.32. The third-order valence-electron chi connectivity index (χ3n) is 4.41. The molecule has 1 aromatic heterocycles. The highest BCUT2D eigenvalue weighted by Crippen LogP contribution is 2.19. The molecule has 1 atom stereocenters. The lowest BCUT2D eigenvalue weighted by Crippen LogP contribution is -2.34. The first-order valence-electron chi connectivity index (χ1n) is 7.98. The van der Waals surface area contributed by atoms with Crippen molar-refractivity contribution in [3.63, 3.8) is 0 Å². The van der Waals surface area contributed by atoms with Gasteiger partial charge in [-0.25, -0.2) is 0 Å². The number of rotatable bonds is 5. The van der Waals surface area contributed by atoms with Crippen LogP contribution in [0.3, 0.4) is 0 Å². The monoisotopic (exact) mass is 316 g/mol. The van der Waals surface area contributed by atoms with E-state index in [1.54, 1.807) is 14.2 Å². The zero-order valence-corrected chi connectivity index (χ0v) is 14.0. The molecule has 0 N–H and O–H groups in total. The van der Waals surface area contributed by atoms with E-state index in [9.17, 15) is 0 Å². The Morgan fingerprint density at radius 3 is 2.87 bits per heavy atom. The van der Waals surface area contributed by atoms with Crippen molar-refractivity contribution in [3.8, 4) is 5.75 Å². The quantitative estimate of drug-likeness (QED) is 0.843. The molecule has 2 heterocycles. The minimum Gasteiger partial charge on any atom is -0.497 e. The van der Waals surface area contributed by atoms with Crippen molar-refractivity contribution in [2.75, 3.05) is 20.8 Å². The van der Waals surface area contributed by atoms with E-state index < -0.39 is 0 Å². The summed E-state index contributed by atoms with van der Waals surface area (Å²) in [6.07, 6.45) is 0.903. The number of benzene rings is 1. The van der Waals surface area contributed by atoms with Crippen LogP contribution in [0.25, 0.3) is 0 Å². The largest absolute Gasteiger partial charge is 0.497 e. The molecular weight excluding hydrogens is 292 g/mol. The number of aromatic nitrogens is 3. The highest BCUT2D eigenvalue weighted by molar-refractivity contribution is 5.28. The van der Waals surface area contributed by atoms with E-state index in [1.807, 2.05) is 12.1 Å². The van der Waals surface area contributed by atoms with E-state index in [0.29, 0.717) is 12.6 Å². The van der Waals surface area contributed by atoms with Crippen LogP contribution in [-0.2, 0) is 30.9 Å². The predicted octanol–water partition coefficient (Wildman–Crippen LogP) is 1.88. The van der Waals surface area contributed by atoms with Gasteiger partial charge in [-0.3, -0.25) is 4.90 Å². The van der Waals surface area contributed by atoms with Crippen LogP contribution in [0.5, 0.6) is 5.75 Å². The van der Waals surface area contributed by atoms with Crippen LogP contribution in [0.15, 0.2) is 24.3 Å². The van der Waals surface area contributed by atoms with Gasteiger partial charge in [-0.2, -0.15) is 0 Å². The zero-order chi connectivity index (χ0) is 16.2. The molecule has 1 aliphatic rings. The third kappa shape index (κ3) is 3.54. The van der Waals surface area contributed by atoms with Crippen molar-refractivity contribution >= 4 is 0 Å². The molecule has 0 fully saturated rings. The summed E-state index contributed by atoms with van der Waals surface area (Å²) >= 11 is 0. The molecule has 0 amide bonds. The number of ether oxygens (including phenoxy) is 2. The fraction of sp³-hybridized carbons (Fsp3) is 0.529. The van der Waals surface area contributed by atoms with Gasteiger partial charge in [0.2, 0.25) is 0 Å². The van der Waals surface area contributed by atoms with Gasteiger partial charge >= 0.3 is 0 Å². The van der Waals surface area contributed by atoms with Gasteiger partial charge < -0.3 is 14.0 Å². The molecule has 2 aromatic rings. The van der Waals surface area contributed by atoms with E-state index in [1.165, 1.54) is 5.56 Å². The second-order valence-electron chi connectivity index (χ2n) is 5.99. The molecule has 6 nitrogen and oxygen atoms in total. The van der Waals surface area contributed by atoms with Gasteiger partial charge in [0.1, 0.15) is 18.2 Å². The van der Waals surface area contributed by atoms with Gasteiger partial charge in [0.15, 0.2) is 5.82 Å². The van der Waals surface area contributed by atoms with Crippen molar-refractivity contribution in [2.45, 2.75) is 39.1 Å². The average molecular weight is 316 g/mol. The van der Waals surface area contributed by atoms with Gasteiger partial charge in [-0.05, 0) is 24.6 Å². The van der Waals surface area contributed by atoms with Crippen LogP contribution >= 0.6 is 0 Å². The topological polar surface area (TPSA) is 52.4 Å². The molecule has 6 heteroatoms. The van der Waals surface area contributed by atoms with Gasteiger partial charge in [0.05, 0.1) is 7.11 Å². The Morgan fingerprint density at radius 2 is 2.09 bits per heavy atom.